The maximum atomic E-state index is 12.4. The van der Waals surface area contributed by atoms with Crippen LogP contribution in [0.1, 0.15) is 17.3 Å². The van der Waals surface area contributed by atoms with Gasteiger partial charge in [-0.1, -0.05) is 12.1 Å². The van der Waals surface area contributed by atoms with E-state index in [2.05, 4.69) is 18.9 Å². The molecule has 0 aliphatic carbocycles. The van der Waals surface area contributed by atoms with Crippen molar-refractivity contribution in [2.24, 2.45) is 0 Å². The summed E-state index contributed by atoms with van der Waals surface area (Å²) in [5.41, 5.74) is 7.02. The molecule has 2 rings (SSSR count). The Bertz CT molecular complexity index is 419. The molecule has 4 heteroatoms. The molecule has 1 atom stereocenters. The molecule has 1 aromatic carbocycles. The van der Waals surface area contributed by atoms with Crippen molar-refractivity contribution in [1.82, 2.24) is 9.80 Å². The standard InChI is InChI=1S/C13H19N3O/c1-10-9-15(2)7-8-16(10)13(17)11-5-3-4-6-12(11)14/h3-6,10H,7-9,14H2,1-2H3. The van der Waals surface area contributed by atoms with Gasteiger partial charge in [0.2, 0.25) is 0 Å². The second kappa shape index (κ2) is 4.75. The topological polar surface area (TPSA) is 49.6 Å². The number of hydrogen-bond acceptors (Lipinski definition) is 3. The van der Waals surface area contributed by atoms with E-state index in [1.54, 1.807) is 12.1 Å². The summed E-state index contributed by atoms with van der Waals surface area (Å²) < 4.78 is 0. The van der Waals surface area contributed by atoms with Gasteiger partial charge in [-0.2, -0.15) is 0 Å². The Hall–Kier alpha value is -1.55. The van der Waals surface area contributed by atoms with Gasteiger partial charge in [0.25, 0.3) is 5.91 Å². The molecule has 1 aliphatic rings. The number of rotatable bonds is 1. The van der Waals surface area contributed by atoms with Gasteiger partial charge in [0.05, 0.1) is 5.56 Å². The molecule has 1 unspecified atom stereocenters. The van der Waals surface area contributed by atoms with Gasteiger partial charge in [0, 0.05) is 31.4 Å². The lowest BCUT2D eigenvalue weighted by molar-refractivity contribution is 0.0534. The van der Waals surface area contributed by atoms with Gasteiger partial charge in [-0.15, -0.1) is 0 Å². The number of para-hydroxylation sites is 1. The van der Waals surface area contributed by atoms with Crippen LogP contribution in [-0.4, -0.2) is 48.4 Å². The van der Waals surface area contributed by atoms with E-state index in [1.165, 1.54) is 0 Å². The van der Waals surface area contributed by atoms with Crippen LogP contribution in [0.2, 0.25) is 0 Å². The number of benzene rings is 1. The Labute approximate surface area is 102 Å². The van der Waals surface area contributed by atoms with Gasteiger partial charge in [-0.25, -0.2) is 0 Å². The fourth-order valence-corrected chi connectivity index (χ4v) is 2.29. The molecule has 1 saturated heterocycles. The van der Waals surface area contributed by atoms with Crippen LogP contribution in [0.5, 0.6) is 0 Å². The molecule has 0 radical (unpaired) electrons. The average Bonchev–Trinajstić information content (AvgIpc) is 2.29. The number of carbonyl (C=O) groups is 1. The van der Waals surface area contributed by atoms with Gasteiger partial charge >= 0.3 is 0 Å². The summed E-state index contributed by atoms with van der Waals surface area (Å²) in [4.78, 5) is 16.5. The first-order valence-corrected chi connectivity index (χ1v) is 5.93. The molecule has 0 bridgehead atoms. The largest absolute Gasteiger partial charge is 0.398 e. The third-order valence-corrected chi connectivity index (χ3v) is 3.28. The molecule has 1 aliphatic heterocycles. The van der Waals surface area contributed by atoms with Crippen molar-refractivity contribution < 1.29 is 4.79 Å². The summed E-state index contributed by atoms with van der Waals surface area (Å²) in [6.07, 6.45) is 0. The smallest absolute Gasteiger partial charge is 0.256 e. The zero-order valence-corrected chi connectivity index (χ0v) is 10.4. The Morgan fingerprint density at radius 2 is 2.06 bits per heavy atom. The van der Waals surface area contributed by atoms with E-state index < -0.39 is 0 Å². The van der Waals surface area contributed by atoms with Gasteiger partial charge in [-0.05, 0) is 26.1 Å². The predicted octanol–water partition coefficient (Wildman–Crippen LogP) is 1.04. The Morgan fingerprint density at radius 1 is 1.35 bits per heavy atom. The highest BCUT2D eigenvalue weighted by Crippen LogP contribution is 2.17. The third kappa shape index (κ3) is 2.42. The maximum absolute atomic E-state index is 12.4. The Kier molecular flexibility index (Phi) is 3.33. The van der Waals surface area contributed by atoms with E-state index in [0.29, 0.717) is 11.3 Å². The highest BCUT2D eigenvalue weighted by molar-refractivity contribution is 5.99. The van der Waals surface area contributed by atoms with Crippen LogP contribution in [0.3, 0.4) is 0 Å². The molecule has 17 heavy (non-hydrogen) atoms. The van der Waals surface area contributed by atoms with Crippen molar-refractivity contribution in [2.75, 3.05) is 32.4 Å². The number of hydrogen-bond donors (Lipinski definition) is 1. The molecule has 1 heterocycles. The van der Waals surface area contributed by atoms with Crippen molar-refractivity contribution in [3.05, 3.63) is 29.8 Å². The number of carbonyl (C=O) groups excluding carboxylic acids is 1. The van der Waals surface area contributed by atoms with E-state index >= 15 is 0 Å². The van der Waals surface area contributed by atoms with Crippen LogP contribution in [0.25, 0.3) is 0 Å². The lowest BCUT2D eigenvalue weighted by atomic mass is 10.1. The van der Waals surface area contributed by atoms with Crippen LogP contribution in [0.15, 0.2) is 24.3 Å². The minimum Gasteiger partial charge on any atom is -0.398 e. The summed E-state index contributed by atoms with van der Waals surface area (Å²) in [6, 6.07) is 7.50. The van der Waals surface area contributed by atoms with Crippen LogP contribution < -0.4 is 5.73 Å². The molecule has 0 saturated carbocycles. The molecule has 0 spiro atoms. The first-order chi connectivity index (χ1) is 8.09. The summed E-state index contributed by atoms with van der Waals surface area (Å²) in [5.74, 6) is 0.0451. The van der Waals surface area contributed by atoms with E-state index in [9.17, 15) is 4.79 Å². The molecular formula is C13H19N3O. The van der Waals surface area contributed by atoms with Crippen molar-refractivity contribution in [1.29, 1.82) is 0 Å². The van der Waals surface area contributed by atoms with Gasteiger partial charge < -0.3 is 15.5 Å². The summed E-state index contributed by atoms with van der Waals surface area (Å²) >= 11 is 0. The van der Waals surface area contributed by atoms with Crippen molar-refractivity contribution in [3.63, 3.8) is 0 Å². The number of anilines is 1. The number of nitrogens with zero attached hydrogens (tertiary/aromatic N) is 2. The van der Waals surface area contributed by atoms with E-state index in [4.69, 9.17) is 5.73 Å². The zero-order valence-electron chi connectivity index (χ0n) is 10.4. The molecule has 1 amide bonds. The van der Waals surface area contributed by atoms with Crippen LogP contribution >= 0.6 is 0 Å². The predicted molar refractivity (Wildman–Crippen MR) is 68.8 cm³/mol. The summed E-state index contributed by atoms with van der Waals surface area (Å²) in [7, 11) is 2.08. The van der Waals surface area contributed by atoms with Gasteiger partial charge in [0.15, 0.2) is 0 Å². The molecule has 1 aromatic rings. The second-order valence-corrected chi connectivity index (χ2v) is 4.70. The second-order valence-electron chi connectivity index (χ2n) is 4.70. The van der Waals surface area contributed by atoms with Crippen molar-refractivity contribution >= 4 is 11.6 Å². The third-order valence-electron chi connectivity index (χ3n) is 3.28. The number of piperazine rings is 1. The number of nitrogen functional groups attached to an aromatic ring is 1. The van der Waals surface area contributed by atoms with Crippen LogP contribution in [-0.2, 0) is 0 Å². The number of nitrogens with two attached hydrogens (primary N) is 1. The molecular weight excluding hydrogens is 214 g/mol. The number of amides is 1. The van der Waals surface area contributed by atoms with Crippen LogP contribution in [0, 0.1) is 0 Å². The minimum atomic E-state index is 0.0451. The summed E-state index contributed by atoms with van der Waals surface area (Å²) in [5, 5.41) is 0. The van der Waals surface area contributed by atoms with E-state index in [1.807, 2.05) is 17.0 Å². The van der Waals surface area contributed by atoms with Gasteiger partial charge in [-0.3, -0.25) is 4.79 Å². The van der Waals surface area contributed by atoms with Crippen LogP contribution in [0.4, 0.5) is 5.69 Å². The lowest BCUT2D eigenvalue weighted by Crippen LogP contribution is -2.52. The normalized spacial score (nSPS) is 21.5. The van der Waals surface area contributed by atoms with E-state index in [0.717, 1.165) is 19.6 Å². The zero-order chi connectivity index (χ0) is 12.4. The molecule has 4 nitrogen and oxygen atoms in total. The van der Waals surface area contributed by atoms with E-state index in [-0.39, 0.29) is 11.9 Å². The molecule has 0 aromatic heterocycles. The van der Waals surface area contributed by atoms with Crippen molar-refractivity contribution in [3.8, 4) is 0 Å². The minimum absolute atomic E-state index is 0.0451. The fourth-order valence-electron chi connectivity index (χ4n) is 2.29. The Morgan fingerprint density at radius 3 is 2.71 bits per heavy atom. The SMILES string of the molecule is CC1CN(C)CCN1C(=O)c1ccccc1N. The first-order valence-electron chi connectivity index (χ1n) is 5.93. The fraction of sp³-hybridized carbons (Fsp3) is 0.462. The number of likely N-dealkylation sites (N-methyl/N-ethyl adjacent to an activating group) is 1. The first kappa shape index (κ1) is 11.9. The highest BCUT2D eigenvalue weighted by Gasteiger charge is 2.27. The van der Waals surface area contributed by atoms with Gasteiger partial charge in [0.1, 0.15) is 0 Å². The lowest BCUT2D eigenvalue weighted by Gasteiger charge is -2.38. The molecule has 92 valence electrons. The monoisotopic (exact) mass is 233 g/mol. The molecule has 2 N–H and O–H groups in total. The average molecular weight is 233 g/mol. The summed E-state index contributed by atoms with van der Waals surface area (Å²) in [6.45, 7) is 4.68. The molecule has 1 fully saturated rings. The Balaban J connectivity index is 2.18. The highest BCUT2D eigenvalue weighted by atomic mass is 16.2. The quantitative estimate of drug-likeness (QED) is 0.737. The van der Waals surface area contributed by atoms with Crippen molar-refractivity contribution in [2.45, 2.75) is 13.0 Å². The maximum Gasteiger partial charge on any atom is 0.256 e.